The van der Waals surface area contributed by atoms with Gasteiger partial charge >= 0.3 is 0 Å². The summed E-state index contributed by atoms with van der Waals surface area (Å²) in [5, 5.41) is 3.12. The molecule has 0 atom stereocenters. The number of nitrogens with two attached hydrogens (primary N) is 1. The third-order valence-corrected chi connectivity index (χ3v) is 4.93. The average Bonchev–Trinajstić information content (AvgIpc) is 2.47. The molecule has 0 aliphatic heterocycles. The fraction of sp³-hybridized carbons (Fsp3) is 0.0588. The van der Waals surface area contributed by atoms with E-state index in [1.807, 2.05) is 30.3 Å². The van der Waals surface area contributed by atoms with E-state index in [-0.39, 0.29) is 0 Å². The van der Waals surface area contributed by atoms with Gasteiger partial charge in [0.1, 0.15) is 5.75 Å². The first-order valence-electron chi connectivity index (χ1n) is 6.53. The molecule has 0 radical (unpaired) electrons. The van der Waals surface area contributed by atoms with Crippen molar-refractivity contribution in [1.82, 2.24) is 0 Å². The molecule has 5 heteroatoms. The Bertz CT molecular complexity index is 857. The summed E-state index contributed by atoms with van der Waals surface area (Å²) in [5.41, 5.74) is 8.06. The van der Waals surface area contributed by atoms with E-state index < -0.39 is 0 Å². The van der Waals surface area contributed by atoms with E-state index in [4.69, 9.17) is 33.7 Å². The molecule has 3 aromatic rings. The monoisotopic (exact) mass is 395 g/mol. The number of hydrogen-bond donors (Lipinski definition) is 1. The smallest absolute Gasteiger partial charge is 0.133 e. The van der Waals surface area contributed by atoms with E-state index in [0.717, 1.165) is 32.1 Å². The summed E-state index contributed by atoms with van der Waals surface area (Å²) in [4.78, 5) is 0. The molecule has 0 spiro atoms. The van der Waals surface area contributed by atoms with Crippen LogP contribution in [-0.4, -0.2) is 7.11 Å². The number of hydrogen-bond acceptors (Lipinski definition) is 2. The van der Waals surface area contributed by atoms with Crippen molar-refractivity contribution in [1.29, 1.82) is 0 Å². The molecule has 112 valence electrons. The Morgan fingerprint density at radius 1 is 1.00 bits per heavy atom. The second kappa shape index (κ2) is 5.99. The summed E-state index contributed by atoms with van der Waals surface area (Å²) in [6, 6.07) is 13.3. The van der Waals surface area contributed by atoms with Gasteiger partial charge in [0.15, 0.2) is 0 Å². The van der Waals surface area contributed by atoms with Crippen molar-refractivity contribution in [2.45, 2.75) is 0 Å². The van der Waals surface area contributed by atoms with Gasteiger partial charge in [-0.15, -0.1) is 0 Å². The molecule has 0 bridgehead atoms. The zero-order valence-electron chi connectivity index (χ0n) is 11.7. The lowest BCUT2D eigenvalue weighted by molar-refractivity contribution is 0.413. The number of anilines is 1. The molecule has 3 rings (SSSR count). The minimum atomic E-state index is 0.532. The van der Waals surface area contributed by atoms with E-state index >= 15 is 0 Å². The van der Waals surface area contributed by atoms with Crippen molar-refractivity contribution < 1.29 is 4.74 Å². The van der Waals surface area contributed by atoms with Gasteiger partial charge in [-0.1, -0.05) is 41.4 Å². The van der Waals surface area contributed by atoms with Crippen LogP contribution < -0.4 is 10.5 Å². The third-order valence-electron chi connectivity index (χ3n) is 3.51. The first kappa shape index (κ1) is 15.5. The second-order valence-corrected chi connectivity index (χ2v) is 6.45. The van der Waals surface area contributed by atoms with Crippen LogP contribution >= 0.6 is 39.1 Å². The van der Waals surface area contributed by atoms with Gasteiger partial charge in [-0.25, -0.2) is 0 Å². The summed E-state index contributed by atoms with van der Waals surface area (Å²) in [6.07, 6.45) is 0. The van der Waals surface area contributed by atoms with Crippen molar-refractivity contribution in [2.75, 3.05) is 12.8 Å². The summed E-state index contributed by atoms with van der Waals surface area (Å²) < 4.78 is 6.25. The first-order chi connectivity index (χ1) is 10.5. The van der Waals surface area contributed by atoms with Crippen LogP contribution in [0.5, 0.6) is 5.75 Å². The summed E-state index contributed by atoms with van der Waals surface area (Å²) in [7, 11) is 1.64. The van der Waals surface area contributed by atoms with Gasteiger partial charge in [0.05, 0.1) is 21.6 Å². The molecule has 2 nitrogen and oxygen atoms in total. The average molecular weight is 397 g/mol. The first-order valence-corrected chi connectivity index (χ1v) is 8.08. The van der Waals surface area contributed by atoms with Crippen LogP contribution in [-0.2, 0) is 0 Å². The molecule has 0 amide bonds. The fourth-order valence-corrected chi connectivity index (χ4v) is 3.87. The fourth-order valence-electron chi connectivity index (χ4n) is 2.53. The van der Waals surface area contributed by atoms with Crippen LogP contribution in [0.4, 0.5) is 5.69 Å². The highest BCUT2D eigenvalue weighted by Gasteiger charge is 2.15. The highest BCUT2D eigenvalue weighted by molar-refractivity contribution is 9.10. The van der Waals surface area contributed by atoms with Crippen molar-refractivity contribution in [3.63, 3.8) is 0 Å². The molecule has 0 heterocycles. The zero-order chi connectivity index (χ0) is 15.9. The maximum atomic E-state index is 6.37. The van der Waals surface area contributed by atoms with E-state index in [0.29, 0.717) is 15.7 Å². The molecule has 0 fully saturated rings. The number of nitrogen functional groups attached to an aromatic ring is 1. The van der Waals surface area contributed by atoms with Crippen LogP contribution in [0.15, 0.2) is 46.9 Å². The summed E-state index contributed by atoms with van der Waals surface area (Å²) >= 11 is 16.3. The van der Waals surface area contributed by atoms with Crippen molar-refractivity contribution in [3.05, 3.63) is 57.0 Å². The molecule has 0 saturated carbocycles. The lowest BCUT2D eigenvalue weighted by Crippen LogP contribution is -1.90. The molecule has 0 unspecified atom stereocenters. The SMILES string of the molecule is COc1ccc2c(-c3c(Cl)cc(N)cc3Cl)cccc2c1Br. The quantitative estimate of drug-likeness (QED) is 0.526. The molecule has 0 aliphatic carbocycles. The minimum Gasteiger partial charge on any atom is -0.496 e. The number of methoxy groups -OCH3 is 1. The number of benzene rings is 3. The predicted octanol–water partition coefficient (Wildman–Crippen LogP) is 6.17. The highest BCUT2D eigenvalue weighted by atomic mass is 79.9. The molecule has 0 saturated heterocycles. The Hall–Kier alpha value is -1.42. The Morgan fingerprint density at radius 2 is 1.68 bits per heavy atom. The van der Waals surface area contributed by atoms with Gasteiger partial charge in [-0.05, 0) is 51.1 Å². The van der Waals surface area contributed by atoms with Crippen LogP contribution in [0.25, 0.3) is 21.9 Å². The molecule has 0 aromatic heterocycles. The number of rotatable bonds is 2. The second-order valence-electron chi connectivity index (χ2n) is 4.84. The van der Waals surface area contributed by atoms with Gasteiger partial charge in [0.2, 0.25) is 0 Å². The molecular formula is C17H12BrCl2NO. The van der Waals surface area contributed by atoms with Gasteiger partial charge in [-0.3, -0.25) is 0 Å². The molecule has 0 aliphatic rings. The third kappa shape index (κ3) is 2.54. The van der Waals surface area contributed by atoms with E-state index in [2.05, 4.69) is 15.9 Å². The normalized spacial score (nSPS) is 10.9. The molecule has 22 heavy (non-hydrogen) atoms. The summed E-state index contributed by atoms with van der Waals surface area (Å²) in [5.74, 6) is 0.777. The van der Waals surface area contributed by atoms with E-state index in [1.54, 1.807) is 19.2 Å². The standard InChI is InChI=1S/C17H12BrCl2NO/c1-22-15-6-5-10-11(3-2-4-12(10)17(15)18)16-13(19)7-9(21)8-14(16)20/h2-8H,21H2,1H3. The van der Waals surface area contributed by atoms with Crippen LogP contribution in [0.3, 0.4) is 0 Å². The minimum absolute atomic E-state index is 0.532. The van der Waals surface area contributed by atoms with E-state index in [1.165, 1.54) is 0 Å². The topological polar surface area (TPSA) is 35.2 Å². The Balaban J connectivity index is 2.36. The van der Waals surface area contributed by atoms with Crippen LogP contribution in [0, 0.1) is 0 Å². The molecule has 3 aromatic carbocycles. The van der Waals surface area contributed by atoms with E-state index in [9.17, 15) is 0 Å². The van der Waals surface area contributed by atoms with Crippen LogP contribution in [0.1, 0.15) is 0 Å². The lowest BCUT2D eigenvalue weighted by Gasteiger charge is -2.13. The molecule has 2 N–H and O–H groups in total. The Morgan fingerprint density at radius 3 is 2.32 bits per heavy atom. The number of ether oxygens (including phenoxy) is 1. The van der Waals surface area contributed by atoms with Crippen LogP contribution in [0.2, 0.25) is 10.0 Å². The zero-order valence-corrected chi connectivity index (χ0v) is 14.8. The lowest BCUT2D eigenvalue weighted by atomic mass is 9.97. The van der Waals surface area contributed by atoms with Crippen molar-refractivity contribution in [3.8, 4) is 16.9 Å². The van der Waals surface area contributed by atoms with Gasteiger partial charge < -0.3 is 10.5 Å². The molecular weight excluding hydrogens is 385 g/mol. The van der Waals surface area contributed by atoms with Gasteiger partial charge in [0.25, 0.3) is 0 Å². The Labute approximate surface area is 146 Å². The maximum Gasteiger partial charge on any atom is 0.133 e. The number of fused-ring (bicyclic) bond motifs is 1. The van der Waals surface area contributed by atoms with Crippen molar-refractivity contribution in [2.24, 2.45) is 0 Å². The van der Waals surface area contributed by atoms with Crippen molar-refractivity contribution >= 4 is 55.6 Å². The number of halogens is 3. The Kier molecular flexibility index (Phi) is 4.22. The predicted molar refractivity (Wildman–Crippen MR) is 98.1 cm³/mol. The summed E-state index contributed by atoms with van der Waals surface area (Å²) in [6.45, 7) is 0. The maximum absolute atomic E-state index is 6.37. The van der Waals surface area contributed by atoms with Gasteiger partial charge in [0, 0.05) is 16.6 Å². The largest absolute Gasteiger partial charge is 0.496 e. The van der Waals surface area contributed by atoms with Gasteiger partial charge in [-0.2, -0.15) is 0 Å². The highest BCUT2D eigenvalue weighted by Crippen LogP contribution is 2.42.